The zero-order valence-electron chi connectivity index (χ0n) is 21.1. The molecule has 0 unspecified atom stereocenters. The van der Waals surface area contributed by atoms with Crippen molar-refractivity contribution in [2.24, 2.45) is 0 Å². The Kier molecular flexibility index (Phi) is 9.71. The normalized spacial score (nSPS) is 11.2. The second-order valence-corrected chi connectivity index (χ2v) is 9.53. The molecule has 0 spiro atoms. The molecule has 0 aromatic heterocycles. The molecule has 0 bridgehead atoms. The van der Waals surface area contributed by atoms with Crippen LogP contribution < -0.4 is 10.1 Å². The van der Waals surface area contributed by atoms with E-state index in [1.807, 2.05) is 66.7 Å². The standard InChI is InChI=1S/C30H32ClNO4/c1-20(2)26-6-5-7-27(21(3)4)30(26)32-28(33)19-36-29(34)17-12-22-10-15-25(16-11-22)35-18-23-8-13-24(31)14-9-23/h5-17,20-21H,18-19H2,1-4H3,(H,32,33)/b17-12+. The lowest BCUT2D eigenvalue weighted by Crippen LogP contribution is -2.22. The number of hydrogen-bond acceptors (Lipinski definition) is 4. The molecule has 1 N–H and O–H groups in total. The van der Waals surface area contributed by atoms with Gasteiger partial charge in [0.1, 0.15) is 12.4 Å². The maximum atomic E-state index is 12.5. The SMILES string of the molecule is CC(C)c1cccc(C(C)C)c1NC(=O)COC(=O)/C=C/c1ccc(OCc2ccc(Cl)cc2)cc1. The molecule has 36 heavy (non-hydrogen) atoms. The van der Waals surface area contributed by atoms with E-state index in [1.165, 1.54) is 6.08 Å². The number of hydrogen-bond donors (Lipinski definition) is 1. The van der Waals surface area contributed by atoms with Crippen LogP contribution in [0.25, 0.3) is 6.08 Å². The Bertz CT molecular complexity index is 1170. The predicted octanol–water partition coefficient (Wildman–Crippen LogP) is 7.36. The summed E-state index contributed by atoms with van der Waals surface area (Å²) in [6.45, 7) is 8.40. The number of esters is 1. The van der Waals surface area contributed by atoms with Crippen LogP contribution in [0.3, 0.4) is 0 Å². The predicted molar refractivity (Wildman–Crippen MR) is 145 cm³/mol. The van der Waals surface area contributed by atoms with Gasteiger partial charge in [-0.1, -0.05) is 81.8 Å². The molecule has 0 fully saturated rings. The van der Waals surface area contributed by atoms with Crippen LogP contribution in [-0.4, -0.2) is 18.5 Å². The maximum Gasteiger partial charge on any atom is 0.331 e. The van der Waals surface area contributed by atoms with Crippen molar-refractivity contribution in [2.45, 2.75) is 46.1 Å². The molecule has 1 amide bonds. The molecule has 3 aromatic carbocycles. The van der Waals surface area contributed by atoms with Gasteiger partial charge in [-0.25, -0.2) is 4.79 Å². The fourth-order valence-electron chi connectivity index (χ4n) is 3.64. The molecule has 188 valence electrons. The topological polar surface area (TPSA) is 64.6 Å². The number of rotatable bonds is 10. The molecule has 5 nitrogen and oxygen atoms in total. The van der Waals surface area contributed by atoms with Crippen LogP contribution in [0.15, 0.2) is 72.8 Å². The van der Waals surface area contributed by atoms with Crippen molar-refractivity contribution in [1.82, 2.24) is 0 Å². The third kappa shape index (κ3) is 7.99. The van der Waals surface area contributed by atoms with Crippen molar-refractivity contribution in [3.05, 3.63) is 100 Å². The summed E-state index contributed by atoms with van der Waals surface area (Å²) in [7, 11) is 0. The highest BCUT2D eigenvalue weighted by Crippen LogP contribution is 2.32. The third-order valence-electron chi connectivity index (χ3n) is 5.59. The molecule has 0 saturated carbocycles. The largest absolute Gasteiger partial charge is 0.489 e. The minimum absolute atomic E-state index is 0.249. The molecule has 0 aliphatic carbocycles. The van der Waals surface area contributed by atoms with Gasteiger partial charge in [0, 0.05) is 16.8 Å². The number of ether oxygens (including phenoxy) is 2. The van der Waals surface area contributed by atoms with Gasteiger partial charge in [0.15, 0.2) is 6.61 Å². The number of para-hydroxylation sites is 1. The quantitative estimate of drug-likeness (QED) is 0.231. The fraction of sp³-hybridized carbons (Fsp3) is 0.267. The molecule has 0 atom stereocenters. The van der Waals surface area contributed by atoms with Crippen LogP contribution in [0.2, 0.25) is 5.02 Å². The average molecular weight is 506 g/mol. The highest BCUT2D eigenvalue weighted by atomic mass is 35.5. The first kappa shape index (κ1) is 27.0. The maximum absolute atomic E-state index is 12.5. The number of benzene rings is 3. The van der Waals surface area contributed by atoms with Gasteiger partial charge in [0.2, 0.25) is 0 Å². The number of halogens is 1. The van der Waals surface area contributed by atoms with Gasteiger partial charge >= 0.3 is 5.97 Å². The van der Waals surface area contributed by atoms with Gasteiger partial charge in [-0.2, -0.15) is 0 Å². The van der Waals surface area contributed by atoms with Gasteiger partial charge < -0.3 is 14.8 Å². The molecule has 0 heterocycles. The molecule has 0 radical (unpaired) electrons. The fourth-order valence-corrected chi connectivity index (χ4v) is 3.77. The molecular weight excluding hydrogens is 474 g/mol. The number of carbonyl (C=O) groups is 2. The third-order valence-corrected chi connectivity index (χ3v) is 5.85. The Labute approximate surface area is 218 Å². The van der Waals surface area contributed by atoms with Crippen molar-refractivity contribution in [1.29, 1.82) is 0 Å². The smallest absolute Gasteiger partial charge is 0.331 e. The summed E-state index contributed by atoms with van der Waals surface area (Å²) in [6.07, 6.45) is 2.94. The first-order valence-electron chi connectivity index (χ1n) is 12.0. The Morgan fingerprint density at radius 2 is 1.50 bits per heavy atom. The zero-order chi connectivity index (χ0) is 26.1. The van der Waals surface area contributed by atoms with Crippen LogP contribution >= 0.6 is 11.6 Å². The van der Waals surface area contributed by atoms with E-state index in [0.29, 0.717) is 17.4 Å². The summed E-state index contributed by atoms with van der Waals surface area (Å²) in [5, 5.41) is 3.63. The molecule has 0 aliphatic heterocycles. The molecule has 0 aliphatic rings. The molecule has 6 heteroatoms. The second kappa shape index (κ2) is 12.9. The Morgan fingerprint density at radius 3 is 2.08 bits per heavy atom. The summed E-state index contributed by atoms with van der Waals surface area (Å²) in [4.78, 5) is 24.7. The number of carbonyl (C=O) groups excluding carboxylic acids is 2. The Hall–Kier alpha value is -3.57. The molecule has 3 aromatic rings. The van der Waals surface area contributed by atoms with E-state index in [0.717, 1.165) is 27.9 Å². The Morgan fingerprint density at radius 1 is 0.889 bits per heavy atom. The van der Waals surface area contributed by atoms with Crippen molar-refractivity contribution in [2.75, 3.05) is 11.9 Å². The van der Waals surface area contributed by atoms with E-state index in [-0.39, 0.29) is 24.3 Å². The first-order chi connectivity index (χ1) is 17.2. The summed E-state index contributed by atoms with van der Waals surface area (Å²) >= 11 is 5.90. The van der Waals surface area contributed by atoms with Gasteiger partial charge in [-0.3, -0.25) is 4.79 Å². The van der Waals surface area contributed by atoms with Crippen molar-refractivity contribution >= 4 is 35.2 Å². The van der Waals surface area contributed by atoms with E-state index in [2.05, 4.69) is 33.0 Å². The van der Waals surface area contributed by atoms with Crippen LogP contribution in [0.1, 0.15) is 61.8 Å². The van der Waals surface area contributed by atoms with Gasteiger partial charge in [0.05, 0.1) is 0 Å². The Balaban J connectivity index is 1.50. The zero-order valence-corrected chi connectivity index (χ0v) is 21.8. The van der Waals surface area contributed by atoms with Gasteiger partial charge in [-0.15, -0.1) is 0 Å². The minimum atomic E-state index is -0.588. The highest BCUT2D eigenvalue weighted by Gasteiger charge is 2.16. The van der Waals surface area contributed by atoms with Crippen molar-refractivity contribution < 1.29 is 19.1 Å². The lowest BCUT2D eigenvalue weighted by Gasteiger charge is -2.20. The van der Waals surface area contributed by atoms with Crippen LogP contribution in [0.5, 0.6) is 5.75 Å². The lowest BCUT2D eigenvalue weighted by atomic mass is 9.92. The monoisotopic (exact) mass is 505 g/mol. The van der Waals surface area contributed by atoms with E-state index < -0.39 is 5.97 Å². The molecular formula is C30H32ClNO4. The summed E-state index contributed by atoms with van der Waals surface area (Å²) in [6, 6.07) is 20.8. The van der Waals surface area contributed by atoms with Crippen LogP contribution in [0, 0.1) is 0 Å². The average Bonchev–Trinajstić information content (AvgIpc) is 2.86. The van der Waals surface area contributed by atoms with Crippen LogP contribution in [-0.2, 0) is 20.9 Å². The van der Waals surface area contributed by atoms with Gasteiger partial charge in [-0.05, 0) is 64.4 Å². The van der Waals surface area contributed by atoms with Crippen molar-refractivity contribution in [3.8, 4) is 5.75 Å². The van der Waals surface area contributed by atoms with Gasteiger partial charge in [0.25, 0.3) is 5.91 Å². The summed E-state index contributed by atoms with van der Waals surface area (Å²) in [5.41, 5.74) is 4.74. The number of nitrogens with one attached hydrogen (secondary N) is 1. The summed E-state index contributed by atoms with van der Waals surface area (Å²) in [5.74, 6) is 0.254. The highest BCUT2D eigenvalue weighted by molar-refractivity contribution is 6.30. The molecule has 3 rings (SSSR count). The second-order valence-electron chi connectivity index (χ2n) is 9.09. The minimum Gasteiger partial charge on any atom is -0.489 e. The van der Waals surface area contributed by atoms with E-state index >= 15 is 0 Å². The number of anilines is 1. The number of amides is 1. The van der Waals surface area contributed by atoms with Crippen molar-refractivity contribution in [3.63, 3.8) is 0 Å². The van der Waals surface area contributed by atoms with Crippen LogP contribution in [0.4, 0.5) is 5.69 Å². The first-order valence-corrected chi connectivity index (χ1v) is 12.4. The summed E-state index contributed by atoms with van der Waals surface area (Å²) < 4.78 is 10.9. The van der Waals surface area contributed by atoms with E-state index in [1.54, 1.807) is 6.08 Å². The van der Waals surface area contributed by atoms with E-state index in [4.69, 9.17) is 21.1 Å². The molecule has 0 saturated heterocycles. The van der Waals surface area contributed by atoms with E-state index in [9.17, 15) is 9.59 Å². The lowest BCUT2D eigenvalue weighted by molar-refractivity contribution is -0.142.